The van der Waals surface area contributed by atoms with Gasteiger partial charge in [0.15, 0.2) is 5.96 Å². The van der Waals surface area contributed by atoms with E-state index in [1.807, 2.05) is 25.2 Å². The number of ether oxygens (including phenoxy) is 1. The molecule has 0 aromatic heterocycles. The van der Waals surface area contributed by atoms with Crippen molar-refractivity contribution >= 4 is 5.96 Å². The largest absolute Gasteiger partial charge is 0.496 e. The van der Waals surface area contributed by atoms with Crippen molar-refractivity contribution < 1.29 is 4.74 Å². The highest BCUT2D eigenvalue weighted by Crippen LogP contribution is 2.19. The van der Waals surface area contributed by atoms with Crippen molar-refractivity contribution in [2.75, 3.05) is 33.8 Å². The van der Waals surface area contributed by atoms with E-state index >= 15 is 0 Å². The van der Waals surface area contributed by atoms with Crippen LogP contribution in [-0.2, 0) is 6.42 Å². The minimum atomic E-state index is 0.517. The molecule has 0 saturated carbocycles. The molecule has 2 N–H and O–H groups in total. The van der Waals surface area contributed by atoms with Gasteiger partial charge in [0.2, 0.25) is 0 Å². The van der Waals surface area contributed by atoms with Crippen molar-refractivity contribution in [3.8, 4) is 5.75 Å². The van der Waals surface area contributed by atoms with Gasteiger partial charge in [-0.05, 0) is 51.3 Å². The van der Waals surface area contributed by atoms with Crippen molar-refractivity contribution in [1.82, 2.24) is 15.5 Å². The number of guanidine groups is 1. The Balaban J connectivity index is 1.75. The zero-order chi connectivity index (χ0) is 18.1. The number of aliphatic imine (C=N–C) groups is 1. The highest BCUT2D eigenvalue weighted by molar-refractivity contribution is 5.79. The van der Waals surface area contributed by atoms with Crippen molar-refractivity contribution in [3.63, 3.8) is 0 Å². The first-order valence-corrected chi connectivity index (χ1v) is 9.48. The second-order valence-electron chi connectivity index (χ2n) is 6.87. The second kappa shape index (κ2) is 10.3. The maximum Gasteiger partial charge on any atom is 0.191 e. The molecule has 5 nitrogen and oxygen atoms in total. The molecule has 1 saturated heterocycles. The van der Waals surface area contributed by atoms with E-state index in [2.05, 4.69) is 40.4 Å². The van der Waals surface area contributed by atoms with Gasteiger partial charge in [0.05, 0.1) is 7.11 Å². The Labute approximate surface area is 152 Å². The van der Waals surface area contributed by atoms with Crippen LogP contribution in [0.4, 0.5) is 0 Å². The van der Waals surface area contributed by atoms with E-state index < -0.39 is 0 Å². The van der Waals surface area contributed by atoms with Gasteiger partial charge in [-0.1, -0.05) is 24.6 Å². The van der Waals surface area contributed by atoms with Crippen LogP contribution in [0.5, 0.6) is 5.75 Å². The fraction of sp³-hybridized carbons (Fsp3) is 0.650. The van der Waals surface area contributed by atoms with E-state index in [4.69, 9.17) is 4.74 Å². The molecule has 0 radical (unpaired) electrons. The van der Waals surface area contributed by atoms with Gasteiger partial charge in [0.1, 0.15) is 5.75 Å². The monoisotopic (exact) mass is 346 g/mol. The van der Waals surface area contributed by atoms with Crippen LogP contribution in [0.2, 0.25) is 0 Å². The van der Waals surface area contributed by atoms with E-state index in [9.17, 15) is 0 Å². The lowest BCUT2D eigenvalue weighted by Crippen LogP contribution is -2.50. The van der Waals surface area contributed by atoms with Gasteiger partial charge in [0, 0.05) is 32.2 Å². The van der Waals surface area contributed by atoms with Crippen LogP contribution in [0.25, 0.3) is 0 Å². The first-order chi connectivity index (χ1) is 12.2. The van der Waals surface area contributed by atoms with E-state index in [-0.39, 0.29) is 0 Å². The van der Waals surface area contributed by atoms with Gasteiger partial charge >= 0.3 is 0 Å². The summed E-state index contributed by atoms with van der Waals surface area (Å²) in [5, 5.41) is 6.87. The summed E-state index contributed by atoms with van der Waals surface area (Å²) < 4.78 is 5.41. The molecule has 0 spiro atoms. The summed E-state index contributed by atoms with van der Waals surface area (Å²) in [6, 6.07) is 9.36. The quantitative estimate of drug-likeness (QED) is 0.589. The molecular weight excluding hydrogens is 312 g/mol. The molecule has 2 rings (SSSR count). The third-order valence-electron chi connectivity index (χ3n) is 5.09. The SMILES string of the molecule is CN=C(NCCc1ccccc1OC)NCC(C)N1CCCCC1C. The molecule has 1 heterocycles. The molecule has 140 valence electrons. The van der Waals surface area contributed by atoms with Crippen molar-refractivity contribution in [2.24, 2.45) is 4.99 Å². The highest BCUT2D eigenvalue weighted by Gasteiger charge is 2.22. The third kappa shape index (κ3) is 5.92. The van der Waals surface area contributed by atoms with Crippen LogP contribution >= 0.6 is 0 Å². The van der Waals surface area contributed by atoms with Crippen molar-refractivity contribution in [3.05, 3.63) is 29.8 Å². The molecule has 0 aliphatic carbocycles. The summed E-state index contributed by atoms with van der Waals surface area (Å²) in [4.78, 5) is 6.95. The molecule has 0 amide bonds. The predicted molar refractivity (Wildman–Crippen MR) is 106 cm³/mol. The number of likely N-dealkylation sites (tertiary alicyclic amines) is 1. The van der Waals surface area contributed by atoms with Crippen LogP contribution in [0.15, 0.2) is 29.3 Å². The Morgan fingerprint density at radius 2 is 2.12 bits per heavy atom. The lowest BCUT2D eigenvalue weighted by molar-refractivity contribution is 0.115. The first kappa shape index (κ1) is 19.6. The number of rotatable bonds is 7. The standard InChI is InChI=1S/C20H34N4O/c1-16-9-7-8-14-24(16)17(2)15-23-20(21-3)22-13-12-18-10-5-6-11-19(18)25-4/h5-6,10-11,16-17H,7-9,12-15H2,1-4H3,(H2,21,22,23). The van der Waals surface area contributed by atoms with Gasteiger partial charge in [-0.2, -0.15) is 0 Å². The first-order valence-electron chi connectivity index (χ1n) is 9.48. The molecular formula is C20H34N4O. The van der Waals surface area contributed by atoms with Crippen LogP contribution in [0.3, 0.4) is 0 Å². The summed E-state index contributed by atoms with van der Waals surface area (Å²) in [5.74, 6) is 1.81. The summed E-state index contributed by atoms with van der Waals surface area (Å²) in [6.45, 7) is 7.60. The zero-order valence-electron chi connectivity index (χ0n) is 16.2. The minimum Gasteiger partial charge on any atom is -0.496 e. The van der Waals surface area contributed by atoms with Crippen molar-refractivity contribution in [1.29, 1.82) is 0 Å². The van der Waals surface area contributed by atoms with Gasteiger partial charge in [-0.15, -0.1) is 0 Å². The summed E-state index contributed by atoms with van der Waals surface area (Å²) in [7, 11) is 3.54. The molecule has 1 aromatic carbocycles. The molecule has 5 heteroatoms. The number of methoxy groups -OCH3 is 1. The Morgan fingerprint density at radius 3 is 2.84 bits per heavy atom. The molecule has 1 aromatic rings. The van der Waals surface area contributed by atoms with E-state index in [0.717, 1.165) is 31.2 Å². The van der Waals surface area contributed by atoms with E-state index in [1.54, 1.807) is 7.11 Å². The lowest BCUT2D eigenvalue weighted by atomic mass is 10.0. The number of benzene rings is 1. The maximum absolute atomic E-state index is 5.41. The van der Waals surface area contributed by atoms with Gasteiger partial charge in [0.25, 0.3) is 0 Å². The van der Waals surface area contributed by atoms with Crippen molar-refractivity contribution in [2.45, 2.75) is 51.6 Å². The maximum atomic E-state index is 5.41. The van der Waals surface area contributed by atoms with E-state index in [0.29, 0.717) is 12.1 Å². The third-order valence-corrected chi connectivity index (χ3v) is 5.09. The smallest absolute Gasteiger partial charge is 0.191 e. The van der Waals surface area contributed by atoms with Crippen LogP contribution in [0, 0.1) is 0 Å². The topological polar surface area (TPSA) is 48.9 Å². The summed E-state index contributed by atoms with van der Waals surface area (Å²) >= 11 is 0. The average Bonchev–Trinajstić information content (AvgIpc) is 2.65. The minimum absolute atomic E-state index is 0.517. The number of piperidine rings is 1. The molecule has 1 aliphatic heterocycles. The summed E-state index contributed by atoms with van der Waals surface area (Å²) in [6.07, 6.45) is 4.91. The van der Waals surface area contributed by atoms with Crippen LogP contribution in [-0.4, -0.2) is 56.7 Å². The molecule has 2 atom stereocenters. The molecule has 0 bridgehead atoms. The molecule has 1 fully saturated rings. The molecule has 25 heavy (non-hydrogen) atoms. The Morgan fingerprint density at radius 1 is 1.32 bits per heavy atom. The number of para-hydroxylation sites is 1. The highest BCUT2D eigenvalue weighted by atomic mass is 16.5. The van der Waals surface area contributed by atoms with Gasteiger partial charge in [-0.25, -0.2) is 0 Å². The predicted octanol–water partition coefficient (Wildman–Crippen LogP) is 2.67. The van der Waals surface area contributed by atoms with E-state index in [1.165, 1.54) is 31.4 Å². The molecule has 2 unspecified atom stereocenters. The second-order valence-corrected chi connectivity index (χ2v) is 6.87. The number of nitrogens with zero attached hydrogens (tertiary/aromatic N) is 2. The lowest BCUT2D eigenvalue weighted by Gasteiger charge is -2.38. The number of hydrogen-bond donors (Lipinski definition) is 2. The summed E-state index contributed by atoms with van der Waals surface area (Å²) in [5.41, 5.74) is 1.21. The number of hydrogen-bond acceptors (Lipinski definition) is 3. The Bertz CT molecular complexity index is 546. The van der Waals surface area contributed by atoms with Gasteiger partial charge < -0.3 is 15.4 Å². The normalized spacial score (nSPS) is 20.2. The Kier molecular flexibility index (Phi) is 8.06. The average molecular weight is 347 g/mol. The number of nitrogens with one attached hydrogen (secondary N) is 2. The van der Waals surface area contributed by atoms with Crippen LogP contribution in [0.1, 0.15) is 38.7 Å². The fourth-order valence-corrected chi connectivity index (χ4v) is 3.58. The Hall–Kier alpha value is -1.75. The van der Waals surface area contributed by atoms with Gasteiger partial charge in [-0.3, -0.25) is 9.89 Å². The fourth-order valence-electron chi connectivity index (χ4n) is 3.58. The van der Waals surface area contributed by atoms with Crippen LogP contribution < -0.4 is 15.4 Å². The zero-order valence-corrected chi connectivity index (χ0v) is 16.2. The molecule has 1 aliphatic rings.